The van der Waals surface area contributed by atoms with Crippen molar-refractivity contribution in [3.05, 3.63) is 58.9 Å². The molecule has 0 aromatic heterocycles. The lowest BCUT2D eigenvalue weighted by atomic mass is 9.76. The van der Waals surface area contributed by atoms with Crippen molar-refractivity contribution in [3.8, 4) is 17.2 Å². The zero-order chi connectivity index (χ0) is 19.4. The van der Waals surface area contributed by atoms with Gasteiger partial charge in [0, 0.05) is 0 Å². The monoisotopic (exact) mass is 365 g/mol. The summed E-state index contributed by atoms with van der Waals surface area (Å²) in [5.74, 6) is -0.440. The average Bonchev–Trinajstić information content (AvgIpc) is 2.68. The summed E-state index contributed by atoms with van der Waals surface area (Å²) in [6.07, 6.45) is 7.13. The summed E-state index contributed by atoms with van der Waals surface area (Å²) in [4.78, 5) is 11.7. The van der Waals surface area contributed by atoms with Crippen LogP contribution in [0.4, 0.5) is 4.39 Å². The Morgan fingerprint density at radius 1 is 1.19 bits per heavy atom. The molecule has 0 bridgehead atoms. The Morgan fingerprint density at radius 2 is 1.93 bits per heavy atom. The number of hydrogen-bond acceptors (Lipinski definition) is 2. The number of carboxylic acid groups (broad SMARTS) is 1. The number of nitriles is 1. The number of hydrogen-bond donors (Lipinski definition) is 1. The number of nitrogens with zero attached hydrogens (tertiary/aromatic N) is 1. The van der Waals surface area contributed by atoms with Gasteiger partial charge in [-0.25, -0.2) is 9.18 Å². The van der Waals surface area contributed by atoms with Gasteiger partial charge in [0.15, 0.2) is 0 Å². The van der Waals surface area contributed by atoms with Crippen LogP contribution in [0.25, 0.3) is 11.1 Å². The maximum absolute atomic E-state index is 14.1. The molecule has 1 N–H and O–H groups in total. The summed E-state index contributed by atoms with van der Waals surface area (Å²) in [7, 11) is 0. The highest BCUT2D eigenvalue weighted by atomic mass is 19.1. The van der Waals surface area contributed by atoms with E-state index in [1.807, 2.05) is 12.1 Å². The summed E-state index contributed by atoms with van der Waals surface area (Å²) in [5, 5.41) is 18.5. The van der Waals surface area contributed by atoms with Gasteiger partial charge in [0.05, 0.1) is 11.1 Å². The lowest BCUT2D eigenvalue weighted by molar-refractivity contribution is 0.0697. The van der Waals surface area contributed by atoms with E-state index in [1.54, 1.807) is 18.2 Å². The normalized spacial score (nSPS) is 19.4. The van der Waals surface area contributed by atoms with Gasteiger partial charge in [0.1, 0.15) is 11.9 Å². The van der Waals surface area contributed by atoms with E-state index in [9.17, 15) is 14.3 Å². The SMILES string of the molecule is CCC[C@H]1CC[C@H](c2ccc(C(=O)O)c(-c3ccc(C#N)c(F)c3)c2)CC1. The molecule has 1 fully saturated rings. The van der Waals surface area contributed by atoms with Crippen LogP contribution in [0.2, 0.25) is 0 Å². The molecule has 1 aliphatic rings. The molecule has 0 heterocycles. The number of carboxylic acids is 1. The van der Waals surface area contributed by atoms with Crippen LogP contribution >= 0.6 is 0 Å². The van der Waals surface area contributed by atoms with Crippen LogP contribution in [0.15, 0.2) is 36.4 Å². The van der Waals surface area contributed by atoms with Gasteiger partial charge >= 0.3 is 5.97 Å². The molecule has 1 saturated carbocycles. The molecule has 3 rings (SSSR count). The van der Waals surface area contributed by atoms with Crippen molar-refractivity contribution in [1.82, 2.24) is 0 Å². The van der Waals surface area contributed by atoms with Crippen molar-refractivity contribution in [2.75, 3.05) is 0 Å². The van der Waals surface area contributed by atoms with Crippen molar-refractivity contribution >= 4 is 5.97 Å². The zero-order valence-electron chi connectivity index (χ0n) is 15.5. The Bertz CT molecular complexity index is 876. The molecule has 1 aliphatic carbocycles. The van der Waals surface area contributed by atoms with Gasteiger partial charge in [-0.3, -0.25) is 0 Å². The van der Waals surface area contributed by atoms with E-state index in [4.69, 9.17) is 5.26 Å². The van der Waals surface area contributed by atoms with Crippen molar-refractivity contribution in [3.63, 3.8) is 0 Å². The lowest BCUT2D eigenvalue weighted by Gasteiger charge is -2.29. The Labute approximate surface area is 159 Å². The van der Waals surface area contributed by atoms with E-state index in [2.05, 4.69) is 6.92 Å². The molecule has 27 heavy (non-hydrogen) atoms. The van der Waals surface area contributed by atoms with Gasteiger partial charge in [-0.15, -0.1) is 0 Å². The molecular weight excluding hydrogens is 341 g/mol. The molecule has 0 spiro atoms. The third-order valence-electron chi connectivity index (χ3n) is 5.69. The summed E-state index contributed by atoms with van der Waals surface area (Å²) >= 11 is 0. The fourth-order valence-corrected chi connectivity index (χ4v) is 4.21. The van der Waals surface area contributed by atoms with Gasteiger partial charge in [-0.2, -0.15) is 5.26 Å². The zero-order valence-corrected chi connectivity index (χ0v) is 15.5. The highest BCUT2D eigenvalue weighted by Gasteiger charge is 2.23. The van der Waals surface area contributed by atoms with Crippen LogP contribution in [0.3, 0.4) is 0 Å². The van der Waals surface area contributed by atoms with E-state index in [1.165, 1.54) is 37.8 Å². The first-order valence-electron chi connectivity index (χ1n) is 9.60. The van der Waals surface area contributed by atoms with Gasteiger partial charge in [0.2, 0.25) is 0 Å². The first-order valence-corrected chi connectivity index (χ1v) is 9.60. The van der Waals surface area contributed by atoms with Crippen molar-refractivity contribution in [1.29, 1.82) is 5.26 Å². The maximum atomic E-state index is 14.1. The first kappa shape index (κ1) is 19.1. The molecule has 140 valence electrons. The number of aromatic carboxylic acids is 1. The largest absolute Gasteiger partial charge is 0.478 e. The molecule has 4 heteroatoms. The van der Waals surface area contributed by atoms with Crippen molar-refractivity contribution in [2.24, 2.45) is 5.92 Å². The van der Waals surface area contributed by atoms with E-state index in [0.29, 0.717) is 17.0 Å². The summed E-state index contributed by atoms with van der Waals surface area (Å²) in [5.41, 5.74) is 2.24. The third kappa shape index (κ3) is 4.19. The molecule has 2 aromatic carbocycles. The molecule has 0 amide bonds. The number of rotatable bonds is 5. The molecule has 3 nitrogen and oxygen atoms in total. The van der Waals surface area contributed by atoms with Crippen LogP contribution in [0.1, 0.15) is 72.9 Å². The van der Waals surface area contributed by atoms with Crippen LogP contribution < -0.4 is 0 Å². The van der Waals surface area contributed by atoms with Crippen LogP contribution in [0, 0.1) is 23.1 Å². The standard InChI is InChI=1S/C23H24FNO2/c1-2-3-15-4-6-16(7-5-15)17-10-11-20(23(26)27)21(12-17)18-8-9-19(14-25)22(24)13-18/h8-13,15-16H,2-7H2,1H3,(H,26,27)/t15-,16-. The van der Waals surface area contributed by atoms with E-state index in [0.717, 1.165) is 24.3 Å². The Balaban J connectivity index is 1.94. The first-order chi connectivity index (χ1) is 13.0. The van der Waals surface area contributed by atoms with E-state index < -0.39 is 11.8 Å². The predicted octanol–water partition coefficient (Wildman–Crippen LogP) is 6.14. The fourth-order valence-electron chi connectivity index (χ4n) is 4.21. The molecular formula is C23H24FNO2. The second kappa shape index (κ2) is 8.35. The molecule has 0 atom stereocenters. The smallest absolute Gasteiger partial charge is 0.336 e. The Kier molecular flexibility index (Phi) is 5.91. The van der Waals surface area contributed by atoms with Gasteiger partial charge in [-0.1, -0.05) is 38.0 Å². The van der Waals surface area contributed by atoms with Crippen LogP contribution in [-0.4, -0.2) is 11.1 Å². The highest BCUT2D eigenvalue weighted by molar-refractivity contribution is 5.96. The van der Waals surface area contributed by atoms with Gasteiger partial charge in [-0.05, 0) is 72.4 Å². The minimum Gasteiger partial charge on any atom is -0.478 e. The fraction of sp³-hybridized carbons (Fsp3) is 0.391. The summed E-state index contributed by atoms with van der Waals surface area (Å²) in [6.45, 7) is 2.22. The lowest BCUT2D eigenvalue weighted by Crippen LogP contribution is -2.13. The quantitative estimate of drug-likeness (QED) is 0.692. The summed E-state index contributed by atoms with van der Waals surface area (Å²) in [6, 6.07) is 11.5. The Morgan fingerprint density at radius 3 is 2.52 bits per heavy atom. The predicted molar refractivity (Wildman–Crippen MR) is 103 cm³/mol. The minimum atomic E-state index is -1.03. The average molecular weight is 365 g/mol. The number of halogens is 1. The highest BCUT2D eigenvalue weighted by Crippen LogP contribution is 2.39. The van der Waals surface area contributed by atoms with Crippen molar-refractivity contribution < 1.29 is 14.3 Å². The minimum absolute atomic E-state index is 0.0407. The second-order valence-corrected chi connectivity index (χ2v) is 7.42. The molecule has 0 radical (unpaired) electrons. The number of benzene rings is 2. The van der Waals surface area contributed by atoms with E-state index >= 15 is 0 Å². The topological polar surface area (TPSA) is 61.1 Å². The van der Waals surface area contributed by atoms with Crippen molar-refractivity contribution in [2.45, 2.75) is 51.4 Å². The number of carbonyl (C=O) groups is 1. The third-order valence-corrected chi connectivity index (χ3v) is 5.69. The molecule has 0 saturated heterocycles. The maximum Gasteiger partial charge on any atom is 0.336 e. The summed E-state index contributed by atoms with van der Waals surface area (Å²) < 4.78 is 14.1. The van der Waals surface area contributed by atoms with Crippen LogP contribution in [-0.2, 0) is 0 Å². The van der Waals surface area contributed by atoms with E-state index in [-0.39, 0.29) is 11.1 Å². The van der Waals surface area contributed by atoms with Crippen LogP contribution in [0.5, 0.6) is 0 Å². The Hall–Kier alpha value is -2.67. The molecule has 2 aromatic rings. The van der Waals surface area contributed by atoms with Gasteiger partial charge in [0.25, 0.3) is 0 Å². The van der Waals surface area contributed by atoms with Gasteiger partial charge < -0.3 is 5.11 Å². The molecule has 0 unspecified atom stereocenters. The molecule has 0 aliphatic heterocycles. The second-order valence-electron chi connectivity index (χ2n) is 7.42.